The summed E-state index contributed by atoms with van der Waals surface area (Å²) in [6, 6.07) is 17.6. The highest BCUT2D eigenvalue weighted by molar-refractivity contribution is 7.80. The number of carbonyl (C=O) groups is 1. The predicted molar refractivity (Wildman–Crippen MR) is 103 cm³/mol. The third-order valence-electron chi connectivity index (χ3n) is 3.89. The van der Waals surface area contributed by atoms with E-state index in [1.165, 1.54) is 5.56 Å². The summed E-state index contributed by atoms with van der Waals surface area (Å²) in [7, 11) is 0. The fraction of sp³-hybridized carbons (Fsp3) is 0.300. The lowest BCUT2D eigenvalue weighted by molar-refractivity contribution is 0.0976. The van der Waals surface area contributed by atoms with E-state index >= 15 is 0 Å². The van der Waals surface area contributed by atoms with Crippen molar-refractivity contribution < 1.29 is 4.79 Å². The zero-order valence-corrected chi connectivity index (χ0v) is 15.4. The van der Waals surface area contributed by atoms with Gasteiger partial charge in [-0.2, -0.15) is 0 Å². The first-order valence-electron chi connectivity index (χ1n) is 8.04. The molecule has 0 saturated carbocycles. The van der Waals surface area contributed by atoms with Gasteiger partial charge in [-0.3, -0.25) is 10.1 Å². The predicted octanol–water partition coefficient (Wildman–Crippen LogP) is 4.35. The van der Waals surface area contributed by atoms with Crippen LogP contribution in [0.5, 0.6) is 0 Å². The van der Waals surface area contributed by atoms with Crippen molar-refractivity contribution in [3.8, 4) is 0 Å². The molecule has 2 rings (SSSR count). The minimum atomic E-state index is -0.201. The lowest BCUT2D eigenvalue weighted by Crippen LogP contribution is -2.40. The number of benzene rings is 2. The summed E-state index contributed by atoms with van der Waals surface area (Å²) in [5, 5.41) is 6.20. The Bertz CT molecular complexity index is 703. The molecule has 1 amide bonds. The summed E-state index contributed by atoms with van der Waals surface area (Å²) < 4.78 is 0. The molecule has 4 heteroatoms. The van der Waals surface area contributed by atoms with Crippen LogP contribution in [0.1, 0.15) is 55.2 Å². The van der Waals surface area contributed by atoms with E-state index in [0.717, 1.165) is 5.56 Å². The van der Waals surface area contributed by atoms with Crippen LogP contribution in [0.3, 0.4) is 0 Å². The molecule has 1 unspecified atom stereocenters. The molecule has 3 nitrogen and oxygen atoms in total. The van der Waals surface area contributed by atoms with Crippen molar-refractivity contribution in [1.29, 1.82) is 0 Å². The van der Waals surface area contributed by atoms with Crippen molar-refractivity contribution in [2.24, 2.45) is 0 Å². The van der Waals surface area contributed by atoms with Crippen LogP contribution in [0, 0.1) is 0 Å². The summed E-state index contributed by atoms with van der Waals surface area (Å²) >= 11 is 5.25. The van der Waals surface area contributed by atoms with E-state index < -0.39 is 0 Å². The lowest BCUT2D eigenvalue weighted by Gasteiger charge is -2.19. The van der Waals surface area contributed by atoms with Gasteiger partial charge in [-0.25, -0.2) is 0 Å². The Morgan fingerprint density at radius 2 is 1.58 bits per heavy atom. The van der Waals surface area contributed by atoms with Gasteiger partial charge in [0.2, 0.25) is 0 Å². The van der Waals surface area contributed by atoms with Gasteiger partial charge in [0.05, 0.1) is 6.04 Å². The molecule has 0 bridgehead atoms. The fourth-order valence-electron chi connectivity index (χ4n) is 2.35. The van der Waals surface area contributed by atoms with Crippen molar-refractivity contribution in [2.45, 2.75) is 39.2 Å². The molecule has 0 radical (unpaired) electrons. The van der Waals surface area contributed by atoms with Crippen LogP contribution in [-0.2, 0) is 5.41 Å². The number of carbonyl (C=O) groups excluding carboxylic acids is 1. The first-order chi connectivity index (χ1) is 11.3. The molecule has 0 aliphatic rings. The fourth-order valence-corrected chi connectivity index (χ4v) is 2.62. The maximum atomic E-state index is 12.3. The molecule has 24 heavy (non-hydrogen) atoms. The monoisotopic (exact) mass is 340 g/mol. The summed E-state index contributed by atoms with van der Waals surface area (Å²) in [5.41, 5.74) is 2.97. The van der Waals surface area contributed by atoms with Crippen LogP contribution < -0.4 is 10.6 Å². The second-order valence-corrected chi connectivity index (χ2v) is 7.30. The van der Waals surface area contributed by atoms with Gasteiger partial charge in [0.1, 0.15) is 0 Å². The maximum absolute atomic E-state index is 12.3. The molecule has 0 saturated heterocycles. The molecule has 0 spiro atoms. The molecule has 0 aliphatic carbocycles. The van der Waals surface area contributed by atoms with E-state index in [-0.39, 0.29) is 17.4 Å². The number of hydrogen-bond acceptors (Lipinski definition) is 2. The minimum absolute atomic E-state index is 0.0299. The quantitative estimate of drug-likeness (QED) is 0.816. The highest BCUT2D eigenvalue weighted by Gasteiger charge is 2.15. The van der Waals surface area contributed by atoms with Crippen LogP contribution >= 0.6 is 12.2 Å². The molecule has 0 aromatic heterocycles. The van der Waals surface area contributed by atoms with E-state index in [0.29, 0.717) is 10.7 Å². The Morgan fingerprint density at radius 1 is 1.00 bits per heavy atom. The van der Waals surface area contributed by atoms with Crippen molar-refractivity contribution in [3.05, 3.63) is 71.3 Å². The van der Waals surface area contributed by atoms with Crippen LogP contribution in [0.15, 0.2) is 54.6 Å². The average molecular weight is 340 g/mol. The van der Waals surface area contributed by atoms with Crippen molar-refractivity contribution in [3.63, 3.8) is 0 Å². The molecule has 0 fully saturated rings. The van der Waals surface area contributed by atoms with Gasteiger partial charge in [0, 0.05) is 5.56 Å². The Hall–Kier alpha value is -2.20. The van der Waals surface area contributed by atoms with Crippen molar-refractivity contribution in [1.82, 2.24) is 10.6 Å². The van der Waals surface area contributed by atoms with E-state index in [9.17, 15) is 4.79 Å². The second kappa shape index (κ2) is 7.58. The van der Waals surface area contributed by atoms with E-state index in [1.54, 1.807) is 0 Å². The smallest absolute Gasteiger partial charge is 0.257 e. The van der Waals surface area contributed by atoms with Gasteiger partial charge in [0.15, 0.2) is 5.11 Å². The van der Waals surface area contributed by atoms with Crippen molar-refractivity contribution >= 4 is 23.2 Å². The highest BCUT2D eigenvalue weighted by atomic mass is 32.1. The third kappa shape index (κ3) is 4.90. The van der Waals surface area contributed by atoms with E-state index in [1.807, 2.05) is 61.5 Å². The van der Waals surface area contributed by atoms with Gasteiger partial charge < -0.3 is 5.32 Å². The summed E-state index contributed by atoms with van der Waals surface area (Å²) in [4.78, 5) is 12.3. The molecule has 1 atom stereocenters. The SMILES string of the molecule is CC(NC(=S)NC(=O)c1ccc(C(C)(C)C)cc1)c1ccccc1. The zero-order chi connectivity index (χ0) is 17.7. The highest BCUT2D eigenvalue weighted by Crippen LogP contribution is 2.22. The molecule has 2 N–H and O–H groups in total. The minimum Gasteiger partial charge on any atom is -0.356 e. The number of hydrogen-bond donors (Lipinski definition) is 2. The van der Waals surface area contributed by atoms with E-state index in [4.69, 9.17) is 12.2 Å². The molecule has 0 aliphatic heterocycles. The third-order valence-corrected chi connectivity index (χ3v) is 4.11. The molecule has 0 heterocycles. The van der Waals surface area contributed by atoms with Crippen LogP contribution in [0.25, 0.3) is 0 Å². The molecular weight excluding hydrogens is 316 g/mol. The second-order valence-electron chi connectivity index (χ2n) is 6.89. The van der Waals surface area contributed by atoms with Crippen LogP contribution in [0.4, 0.5) is 0 Å². The normalized spacial score (nSPS) is 12.3. The molecule has 126 valence electrons. The Kier molecular flexibility index (Phi) is 5.73. The summed E-state index contributed by atoms with van der Waals surface area (Å²) in [5.74, 6) is -0.201. The standard InChI is InChI=1S/C20H24N2OS/c1-14(15-8-6-5-7-9-15)21-19(24)22-18(23)16-10-12-17(13-11-16)20(2,3)4/h5-14H,1-4H3,(H2,21,22,23,24). The number of nitrogens with one attached hydrogen (secondary N) is 2. The average Bonchev–Trinajstić information content (AvgIpc) is 2.54. The van der Waals surface area contributed by atoms with Crippen LogP contribution in [0.2, 0.25) is 0 Å². The molecule has 2 aromatic rings. The Labute approximate surface area is 149 Å². The van der Waals surface area contributed by atoms with Gasteiger partial charge >= 0.3 is 0 Å². The maximum Gasteiger partial charge on any atom is 0.257 e. The lowest BCUT2D eigenvalue weighted by atomic mass is 9.87. The zero-order valence-electron chi connectivity index (χ0n) is 14.6. The summed E-state index contributed by atoms with van der Waals surface area (Å²) in [6.07, 6.45) is 0. The molecular formula is C20H24N2OS. The Morgan fingerprint density at radius 3 is 2.12 bits per heavy atom. The van der Waals surface area contributed by atoms with Crippen LogP contribution in [-0.4, -0.2) is 11.0 Å². The van der Waals surface area contributed by atoms with Gasteiger partial charge in [-0.15, -0.1) is 0 Å². The van der Waals surface area contributed by atoms with Crippen molar-refractivity contribution in [2.75, 3.05) is 0 Å². The number of rotatable bonds is 3. The van der Waals surface area contributed by atoms with E-state index in [2.05, 4.69) is 31.4 Å². The van der Waals surface area contributed by atoms with Gasteiger partial charge in [0.25, 0.3) is 5.91 Å². The first kappa shape index (κ1) is 18.1. The first-order valence-corrected chi connectivity index (χ1v) is 8.45. The summed E-state index contributed by atoms with van der Waals surface area (Å²) in [6.45, 7) is 8.44. The van der Waals surface area contributed by atoms with Gasteiger partial charge in [-0.1, -0.05) is 63.2 Å². The Balaban J connectivity index is 1.95. The number of amides is 1. The topological polar surface area (TPSA) is 41.1 Å². The number of thiocarbonyl (C=S) groups is 1. The van der Waals surface area contributed by atoms with Gasteiger partial charge in [-0.05, 0) is 47.8 Å². The largest absolute Gasteiger partial charge is 0.356 e. The molecule has 2 aromatic carbocycles.